The van der Waals surface area contributed by atoms with Crippen molar-refractivity contribution in [3.63, 3.8) is 0 Å². The molecule has 43 valence electrons. The average molecular weight is 206 g/mol. The van der Waals surface area contributed by atoms with Crippen molar-refractivity contribution < 1.29 is 41.6 Å². The summed E-state index contributed by atoms with van der Waals surface area (Å²) < 4.78 is 8.88. The maximum Gasteiger partial charge on any atom is 0.466 e. The van der Waals surface area contributed by atoms with Gasteiger partial charge in [0.2, 0.25) is 0 Å². The molecule has 0 amide bonds. The summed E-state index contributed by atoms with van der Waals surface area (Å²) in [5, 5.41) is 0. The van der Waals surface area contributed by atoms with Crippen molar-refractivity contribution in [1.29, 1.82) is 0 Å². The Morgan fingerprint density at radius 1 is 1.17 bits per heavy atom. The standard InChI is InChI=1S/Ag.H3O4P/c;1-5(2,3)4/h;(H3,1,2,3,4). The molecule has 0 aliphatic carbocycles. The van der Waals surface area contributed by atoms with Gasteiger partial charge < -0.3 is 14.7 Å². The first-order valence-electron chi connectivity index (χ1n) is 0.783. The Hall–Kier alpha value is 0.850. The Morgan fingerprint density at radius 2 is 1.17 bits per heavy atom. The molecule has 0 saturated carbocycles. The summed E-state index contributed by atoms with van der Waals surface area (Å²) in [5.74, 6) is 0. The number of rotatable bonds is 0. The summed E-state index contributed by atoms with van der Waals surface area (Å²) in [4.78, 5) is 21.6. The van der Waals surface area contributed by atoms with Gasteiger partial charge in [-0.05, 0) is 0 Å². The molecule has 0 aromatic carbocycles. The molecular formula is H3AgO4P. The molecule has 3 N–H and O–H groups in total. The largest absolute Gasteiger partial charge is 0.466 e. The third-order valence-electron chi connectivity index (χ3n) is 0. The van der Waals surface area contributed by atoms with E-state index in [1.807, 2.05) is 0 Å². The van der Waals surface area contributed by atoms with E-state index in [4.69, 9.17) is 19.2 Å². The fourth-order valence-corrected chi connectivity index (χ4v) is 0. The molecular weight excluding hydrogens is 203 g/mol. The molecule has 0 aromatic heterocycles. The Labute approximate surface area is 49.9 Å². The molecule has 0 aliphatic heterocycles. The van der Waals surface area contributed by atoms with Crippen molar-refractivity contribution in [3.8, 4) is 0 Å². The van der Waals surface area contributed by atoms with Gasteiger partial charge in [0.05, 0.1) is 0 Å². The van der Waals surface area contributed by atoms with E-state index in [1.54, 1.807) is 0 Å². The Balaban J connectivity index is 0. The van der Waals surface area contributed by atoms with Gasteiger partial charge in [0.15, 0.2) is 0 Å². The smallest absolute Gasteiger partial charge is 0.303 e. The molecule has 0 heterocycles. The van der Waals surface area contributed by atoms with Crippen LogP contribution in [0.15, 0.2) is 0 Å². The van der Waals surface area contributed by atoms with E-state index in [2.05, 4.69) is 0 Å². The summed E-state index contributed by atoms with van der Waals surface area (Å²) in [7, 11) is -4.64. The van der Waals surface area contributed by atoms with Gasteiger partial charge in [-0.3, -0.25) is 0 Å². The number of phosphoric acid groups is 1. The molecule has 0 atom stereocenters. The van der Waals surface area contributed by atoms with Crippen LogP contribution in [-0.4, -0.2) is 14.7 Å². The summed E-state index contributed by atoms with van der Waals surface area (Å²) in [6, 6.07) is 0. The molecule has 0 saturated heterocycles. The molecule has 4 nitrogen and oxygen atoms in total. The third kappa shape index (κ3) is 99.5. The topological polar surface area (TPSA) is 77.8 Å². The second kappa shape index (κ2) is 2.93. The number of hydrogen-bond donors (Lipinski definition) is 3. The first kappa shape index (κ1) is 9.97. The normalized spacial score (nSPS) is 9.83. The van der Waals surface area contributed by atoms with Crippen LogP contribution in [-0.2, 0) is 26.9 Å². The van der Waals surface area contributed by atoms with Gasteiger partial charge in [0.25, 0.3) is 0 Å². The molecule has 0 aliphatic rings. The minimum absolute atomic E-state index is 0. The molecule has 6 heavy (non-hydrogen) atoms. The van der Waals surface area contributed by atoms with Crippen LogP contribution in [0.4, 0.5) is 0 Å². The van der Waals surface area contributed by atoms with Gasteiger partial charge in [-0.15, -0.1) is 0 Å². The molecule has 0 aromatic rings. The molecule has 1 radical (unpaired) electrons. The number of hydrogen-bond acceptors (Lipinski definition) is 1. The Kier molecular flexibility index (Phi) is 4.87. The monoisotopic (exact) mass is 205 g/mol. The summed E-state index contributed by atoms with van der Waals surface area (Å²) in [6.45, 7) is 0. The zero-order valence-corrected chi connectivity index (χ0v) is 4.88. The van der Waals surface area contributed by atoms with E-state index in [0.29, 0.717) is 0 Å². The second-order valence-corrected chi connectivity index (χ2v) is 1.54. The van der Waals surface area contributed by atoms with Crippen LogP contribution in [0.2, 0.25) is 0 Å². The average Bonchev–Trinajstić information content (AvgIpc) is 0.722. The predicted octanol–water partition coefficient (Wildman–Crippen LogP) is -0.931. The van der Waals surface area contributed by atoms with E-state index in [9.17, 15) is 0 Å². The summed E-state index contributed by atoms with van der Waals surface area (Å²) in [5.41, 5.74) is 0. The molecule has 0 spiro atoms. The molecule has 6 heteroatoms. The van der Waals surface area contributed by atoms with E-state index in [0.717, 1.165) is 0 Å². The molecule has 0 unspecified atom stereocenters. The minimum Gasteiger partial charge on any atom is -0.303 e. The zero-order chi connectivity index (χ0) is 4.50. The summed E-state index contributed by atoms with van der Waals surface area (Å²) in [6.07, 6.45) is 0. The van der Waals surface area contributed by atoms with E-state index >= 15 is 0 Å². The van der Waals surface area contributed by atoms with Crippen LogP contribution < -0.4 is 0 Å². The van der Waals surface area contributed by atoms with Crippen LogP contribution in [0.25, 0.3) is 0 Å². The van der Waals surface area contributed by atoms with Crippen molar-refractivity contribution in [2.45, 2.75) is 0 Å². The van der Waals surface area contributed by atoms with Gasteiger partial charge >= 0.3 is 7.82 Å². The van der Waals surface area contributed by atoms with Crippen molar-refractivity contribution >= 4 is 7.82 Å². The Morgan fingerprint density at radius 3 is 1.17 bits per heavy atom. The van der Waals surface area contributed by atoms with Gasteiger partial charge in [-0.1, -0.05) is 0 Å². The fraction of sp³-hybridized carbons (Fsp3) is 0. The van der Waals surface area contributed by atoms with Crippen LogP contribution in [0.5, 0.6) is 0 Å². The summed E-state index contributed by atoms with van der Waals surface area (Å²) >= 11 is 0. The first-order valence-corrected chi connectivity index (χ1v) is 2.35. The molecule has 0 fully saturated rings. The van der Waals surface area contributed by atoms with E-state index < -0.39 is 7.82 Å². The van der Waals surface area contributed by atoms with Crippen LogP contribution in [0, 0.1) is 0 Å². The van der Waals surface area contributed by atoms with Crippen LogP contribution >= 0.6 is 7.82 Å². The van der Waals surface area contributed by atoms with Gasteiger partial charge in [0.1, 0.15) is 0 Å². The van der Waals surface area contributed by atoms with Crippen LogP contribution in [0.1, 0.15) is 0 Å². The first-order chi connectivity index (χ1) is 2.00. The van der Waals surface area contributed by atoms with Gasteiger partial charge in [0, 0.05) is 22.4 Å². The van der Waals surface area contributed by atoms with Gasteiger partial charge in [-0.2, -0.15) is 0 Å². The van der Waals surface area contributed by atoms with Crippen molar-refractivity contribution in [2.75, 3.05) is 0 Å². The van der Waals surface area contributed by atoms with Crippen molar-refractivity contribution in [1.82, 2.24) is 0 Å². The minimum atomic E-state index is -4.64. The molecule has 0 rings (SSSR count). The van der Waals surface area contributed by atoms with E-state index in [-0.39, 0.29) is 22.4 Å². The maximum atomic E-state index is 8.88. The molecule has 0 bridgehead atoms. The maximum absolute atomic E-state index is 8.88. The zero-order valence-electron chi connectivity index (χ0n) is 2.50. The SMILES string of the molecule is O=P(O)(O)O.[Ag]. The fourth-order valence-electron chi connectivity index (χ4n) is 0. The predicted molar refractivity (Wildman–Crippen MR) is 14.3 cm³/mol. The van der Waals surface area contributed by atoms with Crippen molar-refractivity contribution in [3.05, 3.63) is 0 Å². The Bertz CT molecular complexity index is 53.7. The third-order valence-corrected chi connectivity index (χ3v) is 0. The van der Waals surface area contributed by atoms with Crippen LogP contribution in [0.3, 0.4) is 0 Å². The second-order valence-electron chi connectivity index (χ2n) is 0.513. The quantitative estimate of drug-likeness (QED) is 0.353. The van der Waals surface area contributed by atoms with Crippen molar-refractivity contribution in [2.24, 2.45) is 0 Å². The van der Waals surface area contributed by atoms with Gasteiger partial charge in [-0.25, -0.2) is 4.57 Å². The van der Waals surface area contributed by atoms with E-state index in [1.165, 1.54) is 0 Å².